The van der Waals surface area contributed by atoms with E-state index in [1.807, 2.05) is 6.08 Å². The summed E-state index contributed by atoms with van der Waals surface area (Å²) in [5.41, 5.74) is 7.02. The first-order valence-electron chi connectivity index (χ1n) is 6.75. The summed E-state index contributed by atoms with van der Waals surface area (Å²) in [6.45, 7) is 14.4. The zero-order valence-corrected chi connectivity index (χ0v) is 12.4. The van der Waals surface area contributed by atoms with Crippen molar-refractivity contribution in [2.75, 3.05) is 0 Å². The lowest BCUT2D eigenvalue weighted by atomic mass is 9.94. The van der Waals surface area contributed by atoms with E-state index in [1.54, 1.807) is 0 Å². The van der Waals surface area contributed by atoms with Crippen LogP contribution in [0.2, 0.25) is 0 Å². The van der Waals surface area contributed by atoms with Gasteiger partial charge in [-0.2, -0.15) is 0 Å². The van der Waals surface area contributed by atoms with Crippen molar-refractivity contribution < 1.29 is 4.57 Å². The van der Waals surface area contributed by atoms with Gasteiger partial charge < -0.3 is 0 Å². The number of rotatable bonds is 4. The second-order valence-corrected chi connectivity index (χ2v) is 5.31. The van der Waals surface area contributed by atoms with Gasteiger partial charge in [-0.3, -0.25) is 0 Å². The Kier molecular flexibility index (Phi) is 3.89. The quantitative estimate of drug-likeness (QED) is 0.586. The molecule has 0 amide bonds. The number of hydrogen-bond donors (Lipinski definition) is 0. The molecule has 0 fully saturated rings. The number of allylic oxidation sites excluding steroid dienone is 1. The van der Waals surface area contributed by atoms with Crippen LogP contribution in [0.15, 0.2) is 37.4 Å². The molecular formula is C17H23N2+. The van der Waals surface area contributed by atoms with Crippen molar-refractivity contribution >= 4 is 0 Å². The van der Waals surface area contributed by atoms with Crippen LogP contribution in [0.3, 0.4) is 0 Å². The Morgan fingerprint density at radius 3 is 2.37 bits per heavy atom. The molecule has 2 heteroatoms. The average Bonchev–Trinajstić information content (AvgIpc) is 2.80. The standard InChI is InChI=1S/C17H23N2/c1-6-7-18-8-9-19(12-18)11-17-15(4)13(2)10-14(3)16(17)5/h6,8-10,12H,1,7,11H2,2-5H3/q+1. The Bertz CT molecular complexity index is 580. The Morgan fingerprint density at radius 1 is 1.16 bits per heavy atom. The van der Waals surface area contributed by atoms with E-state index >= 15 is 0 Å². The first-order valence-corrected chi connectivity index (χ1v) is 6.75. The molecule has 1 heterocycles. The molecule has 1 aromatic carbocycles. The highest BCUT2D eigenvalue weighted by Gasteiger charge is 2.12. The van der Waals surface area contributed by atoms with E-state index in [9.17, 15) is 0 Å². The Balaban J connectivity index is 2.34. The van der Waals surface area contributed by atoms with Crippen LogP contribution in [0.1, 0.15) is 27.8 Å². The average molecular weight is 255 g/mol. The van der Waals surface area contributed by atoms with Crippen molar-refractivity contribution in [2.24, 2.45) is 0 Å². The number of nitrogens with zero attached hydrogens (tertiary/aromatic N) is 2. The van der Waals surface area contributed by atoms with Crippen LogP contribution >= 0.6 is 0 Å². The zero-order chi connectivity index (χ0) is 14.0. The minimum absolute atomic E-state index is 0.859. The summed E-state index contributed by atoms with van der Waals surface area (Å²) < 4.78 is 4.37. The maximum absolute atomic E-state index is 3.77. The second-order valence-electron chi connectivity index (χ2n) is 5.31. The monoisotopic (exact) mass is 255 g/mol. The molecule has 0 spiro atoms. The Hall–Kier alpha value is -1.83. The van der Waals surface area contributed by atoms with Crippen molar-refractivity contribution in [3.05, 3.63) is 65.3 Å². The van der Waals surface area contributed by atoms with Crippen LogP contribution in [0.4, 0.5) is 0 Å². The third kappa shape index (κ3) is 2.78. The second kappa shape index (κ2) is 5.43. The fraction of sp³-hybridized carbons (Fsp3) is 0.353. The van der Waals surface area contributed by atoms with Gasteiger partial charge in [0.25, 0.3) is 0 Å². The van der Waals surface area contributed by atoms with Gasteiger partial charge in [0.1, 0.15) is 25.5 Å². The lowest BCUT2D eigenvalue weighted by Crippen LogP contribution is -2.32. The SMILES string of the molecule is C=CCn1cc[n+](Cc2c(C)c(C)cc(C)c2C)c1. The molecule has 19 heavy (non-hydrogen) atoms. The fourth-order valence-corrected chi connectivity index (χ4v) is 2.51. The van der Waals surface area contributed by atoms with Crippen molar-refractivity contribution in [3.63, 3.8) is 0 Å². The van der Waals surface area contributed by atoms with Crippen LogP contribution in [-0.4, -0.2) is 4.57 Å². The molecule has 0 aliphatic rings. The van der Waals surface area contributed by atoms with Crippen molar-refractivity contribution in [2.45, 2.75) is 40.8 Å². The molecule has 0 saturated carbocycles. The van der Waals surface area contributed by atoms with E-state index < -0.39 is 0 Å². The summed E-state index contributed by atoms with van der Waals surface area (Å²) in [4.78, 5) is 0. The van der Waals surface area contributed by atoms with Crippen LogP contribution in [0.5, 0.6) is 0 Å². The van der Waals surface area contributed by atoms with Gasteiger partial charge in [-0.1, -0.05) is 18.7 Å². The number of hydrogen-bond acceptors (Lipinski definition) is 0. The van der Waals surface area contributed by atoms with Crippen molar-refractivity contribution in [1.29, 1.82) is 0 Å². The summed E-state index contributed by atoms with van der Waals surface area (Å²) >= 11 is 0. The zero-order valence-electron chi connectivity index (χ0n) is 12.4. The summed E-state index contributed by atoms with van der Waals surface area (Å²) in [5.74, 6) is 0. The first kappa shape index (κ1) is 13.6. The molecule has 0 aliphatic heterocycles. The van der Waals surface area contributed by atoms with Gasteiger partial charge in [0, 0.05) is 0 Å². The number of imidazole rings is 1. The maximum Gasteiger partial charge on any atom is 0.244 e. The fourth-order valence-electron chi connectivity index (χ4n) is 2.51. The lowest BCUT2D eigenvalue weighted by molar-refractivity contribution is -0.687. The highest BCUT2D eigenvalue weighted by molar-refractivity contribution is 5.43. The summed E-state index contributed by atoms with van der Waals surface area (Å²) in [6, 6.07) is 2.28. The van der Waals surface area contributed by atoms with Crippen LogP contribution in [0, 0.1) is 27.7 Å². The van der Waals surface area contributed by atoms with Gasteiger partial charge in [0.05, 0.1) is 0 Å². The number of benzene rings is 1. The molecule has 2 nitrogen and oxygen atoms in total. The first-order chi connectivity index (χ1) is 9.02. The summed E-state index contributed by atoms with van der Waals surface area (Å²) in [6.07, 6.45) is 8.27. The van der Waals surface area contributed by atoms with Gasteiger partial charge in [0.15, 0.2) is 0 Å². The molecule has 0 saturated heterocycles. The summed E-state index contributed by atoms with van der Waals surface area (Å²) in [7, 11) is 0. The predicted octanol–water partition coefficient (Wildman–Crippen LogP) is 3.24. The Morgan fingerprint density at radius 2 is 1.79 bits per heavy atom. The van der Waals surface area contributed by atoms with Gasteiger partial charge in [-0.15, -0.1) is 0 Å². The molecule has 2 rings (SSSR count). The van der Waals surface area contributed by atoms with E-state index in [-0.39, 0.29) is 0 Å². The summed E-state index contributed by atoms with van der Waals surface area (Å²) in [5, 5.41) is 0. The molecular weight excluding hydrogens is 232 g/mol. The third-order valence-corrected chi connectivity index (χ3v) is 3.95. The third-order valence-electron chi connectivity index (χ3n) is 3.95. The van der Waals surface area contributed by atoms with Gasteiger partial charge >= 0.3 is 0 Å². The number of aryl methyl sites for hydroxylation is 2. The Labute approximate surface area is 116 Å². The smallest absolute Gasteiger partial charge is 0.233 e. The minimum atomic E-state index is 0.859. The van der Waals surface area contributed by atoms with Crippen LogP contribution in [0.25, 0.3) is 0 Å². The largest absolute Gasteiger partial charge is 0.244 e. The van der Waals surface area contributed by atoms with Crippen LogP contribution in [-0.2, 0) is 13.1 Å². The topological polar surface area (TPSA) is 8.81 Å². The molecule has 0 aliphatic carbocycles. The molecule has 0 radical (unpaired) electrons. The van der Waals surface area contributed by atoms with Gasteiger partial charge in [-0.05, 0) is 55.5 Å². The lowest BCUT2D eigenvalue weighted by Gasteiger charge is -2.13. The minimum Gasteiger partial charge on any atom is -0.233 e. The molecule has 100 valence electrons. The number of aromatic nitrogens is 2. The van der Waals surface area contributed by atoms with Crippen LogP contribution < -0.4 is 4.57 Å². The van der Waals surface area contributed by atoms with E-state index in [0.717, 1.165) is 13.1 Å². The highest BCUT2D eigenvalue weighted by Crippen LogP contribution is 2.21. The molecule has 0 unspecified atom stereocenters. The molecule has 0 atom stereocenters. The normalized spacial score (nSPS) is 10.7. The van der Waals surface area contributed by atoms with Crippen molar-refractivity contribution in [1.82, 2.24) is 4.57 Å². The maximum atomic E-state index is 3.77. The van der Waals surface area contributed by atoms with E-state index in [1.165, 1.54) is 27.8 Å². The molecule has 0 N–H and O–H groups in total. The van der Waals surface area contributed by atoms with Gasteiger partial charge in [-0.25, -0.2) is 9.13 Å². The van der Waals surface area contributed by atoms with Crippen molar-refractivity contribution in [3.8, 4) is 0 Å². The highest BCUT2D eigenvalue weighted by atomic mass is 15.1. The van der Waals surface area contributed by atoms with E-state index in [0.29, 0.717) is 0 Å². The molecule has 0 bridgehead atoms. The van der Waals surface area contributed by atoms with E-state index in [2.05, 4.69) is 68.2 Å². The van der Waals surface area contributed by atoms with Gasteiger partial charge in [0.2, 0.25) is 6.33 Å². The van der Waals surface area contributed by atoms with E-state index in [4.69, 9.17) is 0 Å². The predicted molar refractivity (Wildman–Crippen MR) is 79.3 cm³/mol. The molecule has 1 aromatic heterocycles. The molecule has 2 aromatic rings.